The topological polar surface area (TPSA) is 157 Å². The molecule has 5 N–H and O–H groups in total. The smallest absolute Gasteiger partial charge is 0.326 e. The number of hydrogen-bond acceptors (Lipinski definition) is 5. The quantitative estimate of drug-likeness (QED) is 0.309. The molecule has 1 heterocycles. The number of carbonyl (C=O) groups is 5. The van der Waals surface area contributed by atoms with Gasteiger partial charge >= 0.3 is 12.0 Å². The molecule has 36 heavy (non-hydrogen) atoms. The molecule has 0 radical (unpaired) electrons. The average Bonchev–Trinajstić information content (AvgIpc) is 2.78. The van der Waals surface area contributed by atoms with E-state index in [9.17, 15) is 29.1 Å². The number of carbonyl (C=O) groups excluding carboxylic acids is 4. The zero-order valence-corrected chi connectivity index (χ0v) is 22.2. The normalized spacial score (nSPS) is 22.4. The third-order valence-electron chi connectivity index (χ3n) is 5.88. The molecule has 1 rings (SSSR count). The van der Waals surface area contributed by atoms with Crippen molar-refractivity contribution >= 4 is 29.7 Å². The molecule has 0 aromatic rings. The zero-order chi connectivity index (χ0) is 27.6. The van der Waals surface area contributed by atoms with Crippen molar-refractivity contribution < 1.29 is 29.1 Å². The van der Waals surface area contributed by atoms with Gasteiger partial charge in [-0.25, -0.2) is 9.59 Å². The number of nitrogens with zero attached hydrogens (tertiary/aromatic N) is 1. The molecule has 4 unspecified atom stereocenters. The van der Waals surface area contributed by atoms with Gasteiger partial charge in [0.05, 0.1) is 0 Å². The van der Waals surface area contributed by atoms with E-state index in [1.165, 1.54) is 18.0 Å². The Bertz CT molecular complexity index is 867. The summed E-state index contributed by atoms with van der Waals surface area (Å²) in [7, 11) is 1.48. The second-order valence-corrected chi connectivity index (χ2v) is 9.94. The van der Waals surface area contributed by atoms with Gasteiger partial charge in [-0.3, -0.25) is 14.4 Å². The number of rotatable bonds is 8. The number of carboxylic acids is 1. The highest BCUT2D eigenvalue weighted by Gasteiger charge is 2.34. The summed E-state index contributed by atoms with van der Waals surface area (Å²) in [6, 6.07) is -4.30. The standard InChI is InChI=1S/C25H41N5O6/c1-14(2)17-11-12-19(31)26-13-9-8-10-18(22(32)27-17)30(7)23(33)20(15(3)4)28-25(36)29-21(16(5)6)24(34)35/h8,10-12,14-18,20-21H,9,13H2,1-7H3,(H,26,31)(H,27,32)(H,34,35)(H2,28,29,36)/b10-8+,12-11+. The van der Waals surface area contributed by atoms with Gasteiger partial charge < -0.3 is 31.3 Å². The van der Waals surface area contributed by atoms with Crippen molar-refractivity contribution in [1.82, 2.24) is 26.2 Å². The van der Waals surface area contributed by atoms with Crippen LogP contribution in [0.1, 0.15) is 48.0 Å². The molecule has 0 spiro atoms. The molecular weight excluding hydrogens is 466 g/mol. The number of carboxylic acid groups (broad SMARTS) is 1. The van der Waals surface area contributed by atoms with E-state index >= 15 is 0 Å². The van der Waals surface area contributed by atoms with Crippen LogP contribution >= 0.6 is 0 Å². The van der Waals surface area contributed by atoms with Gasteiger partial charge in [0.15, 0.2) is 0 Å². The SMILES string of the molecule is CC(C)C1/C=C/C(=O)NCC/C=C/C(N(C)C(=O)C(NC(=O)NC(C(=O)O)C(C)C)C(C)C)C(=O)N1. The number of hydrogen-bond donors (Lipinski definition) is 5. The Balaban J connectivity index is 3.14. The fourth-order valence-electron chi connectivity index (χ4n) is 3.54. The maximum atomic E-state index is 13.4. The second kappa shape index (κ2) is 14.3. The Morgan fingerprint density at radius 1 is 1.00 bits per heavy atom. The van der Waals surface area contributed by atoms with Crippen LogP contribution in [0.5, 0.6) is 0 Å². The van der Waals surface area contributed by atoms with Crippen LogP contribution in [-0.2, 0) is 19.2 Å². The molecule has 4 atom stereocenters. The molecule has 1 aliphatic rings. The fraction of sp³-hybridized carbons (Fsp3) is 0.640. The summed E-state index contributed by atoms with van der Waals surface area (Å²) in [5.41, 5.74) is 0. The number of nitrogens with one attached hydrogen (secondary N) is 4. The molecule has 0 fully saturated rings. The van der Waals surface area contributed by atoms with Gasteiger partial charge in [0.25, 0.3) is 0 Å². The summed E-state index contributed by atoms with van der Waals surface area (Å²) in [6.45, 7) is 11.0. The lowest BCUT2D eigenvalue weighted by atomic mass is 10.0. The Kier molecular flexibility index (Phi) is 12.1. The minimum Gasteiger partial charge on any atom is -0.480 e. The minimum absolute atomic E-state index is 0.0107. The Morgan fingerprint density at radius 3 is 2.11 bits per heavy atom. The van der Waals surface area contributed by atoms with Crippen molar-refractivity contribution in [2.24, 2.45) is 17.8 Å². The highest BCUT2D eigenvalue weighted by Crippen LogP contribution is 2.12. The van der Waals surface area contributed by atoms with E-state index in [0.29, 0.717) is 13.0 Å². The lowest BCUT2D eigenvalue weighted by molar-refractivity contribution is -0.140. The molecule has 202 valence electrons. The van der Waals surface area contributed by atoms with Gasteiger partial charge in [-0.15, -0.1) is 0 Å². The average molecular weight is 508 g/mol. The van der Waals surface area contributed by atoms with Crippen LogP contribution in [0.4, 0.5) is 4.79 Å². The second-order valence-electron chi connectivity index (χ2n) is 9.94. The summed E-state index contributed by atoms with van der Waals surface area (Å²) < 4.78 is 0. The van der Waals surface area contributed by atoms with Crippen LogP contribution in [0.25, 0.3) is 0 Å². The van der Waals surface area contributed by atoms with Crippen LogP contribution < -0.4 is 21.3 Å². The molecule has 5 amide bonds. The maximum Gasteiger partial charge on any atom is 0.326 e. The first kappa shape index (κ1) is 30.7. The lowest BCUT2D eigenvalue weighted by Gasteiger charge is -2.32. The highest BCUT2D eigenvalue weighted by atomic mass is 16.4. The molecule has 0 aliphatic carbocycles. The van der Waals surface area contributed by atoms with Gasteiger partial charge in [-0.2, -0.15) is 0 Å². The van der Waals surface area contributed by atoms with Gasteiger partial charge in [0.2, 0.25) is 17.7 Å². The van der Waals surface area contributed by atoms with Crippen LogP contribution in [0.2, 0.25) is 0 Å². The summed E-state index contributed by atoms with van der Waals surface area (Å²) in [5, 5.41) is 20.0. The summed E-state index contributed by atoms with van der Waals surface area (Å²) in [6.07, 6.45) is 6.78. The summed E-state index contributed by atoms with van der Waals surface area (Å²) >= 11 is 0. The summed E-state index contributed by atoms with van der Waals surface area (Å²) in [4.78, 5) is 63.8. The van der Waals surface area contributed by atoms with Crippen molar-refractivity contribution in [3.8, 4) is 0 Å². The van der Waals surface area contributed by atoms with Crippen molar-refractivity contribution in [2.45, 2.75) is 72.1 Å². The molecule has 0 saturated heterocycles. The molecule has 0 aromatic heterocycles. The monoisotopic (exact) mass is 507 g/mol. The Morgan fingerprint density at radius 2 is 1.58 bits per heavy atom. The van der Waals surface area contributed by atoms with Crippen molar-refractivity contribution in [3.05, 3.63) is 24.3 Å². The zero-order valence-electron chi connectivity index (χ0n) is 22.2. The first-order valence-electron chi connectivity index (χ1n) is 12.3. The van der Waals surface area contributed by atoms with Crippen molar-refractivity contribution in [3.63, 3.8) is 0 Å². The van der Waals surface area contributed by atoms with E-state index in [0.717, 1.165) is 0 Å². The third kappa shape index (κ3) is 9.35. The molecule has 0 aromatic carbocycles. The lowest BCUT2D eigenvalue weighted by Crippen LogP contribution is -2.59. The predicted molar refractivity (Wildman–Crippen MR) is 136 cm³/mol. The molecule has 0 saturated carbocycles. The number of aliphatic carboxylic acids is 1. The molecular formula is C25H41N5O6. The maximum absolute atomic E-state index is 13.4. The van der Waals surface area contributed by atoms with Gasteiger partial charge in [-0.1, -0.05) is 59.8 Å². The highest BCUT2D eigenvalue weighted by molar-refractivity contribution is 5.94. The van der Waals surface area contributed by atoms with E-state index in [4.69, 9.17) is 0 Å². The van der Waals surface area contributed by atoms with Crippen LogP contribution in [0, 0.1) is 17.8 Å². The van der Waals surface area contributed by atoms with Gasteiger partial charge in [0, 0.05) is 25.7 Å². The Hall–Kier alpha value is -3.37. The Labute approximate surface area is 213 Å². The van der Waals surface area contributed by atoms with Crippen molar-refractivity contribution in [2.75, 3.05) is 13.6 Å². The van der Waals surface area contributed by atoms with Crippen LogP contribution in [-0.4, -0.2) is 77.5 Å². The van der Waals surface area contributed by atoms with Crippen LogP contribution in [0.3, 0.4) is 0 Å². The van der Waals surface area contributed by atoms with Crippen molar-refractivity contribution in [1.29, 1.82) is 0 Å². The first-order valence-corrected chi connectivity index (χ1v) is 12.3. The van der Waals surface area contributed by atoms with E-state index in [1.54, 1.807) is 45.9 Å². The molecule has 0 bridgehead atoms. The predicted octanol–water partition coefficient (Wildman–Crippen LogP) is 1.02. The van der Waals surface area contributed by atoms with E-state index in [1.807, 2.05) is 13.8 Å². The number of urea groups is 1. The largest absolute Gasteiger partial charge is 0.480 e. The number of likely N-dealkylation sites (N-methyl/N-ethyl adjacent to an activating group) is 1. The third-order valence-corrected chi connectivity index (χ3v) is 5.88. The first-order chi connectivity index (χ1) is 16.8. The van der Waals surface area contributed by atoms with E-state index in [2.05, 4.69) is 21.3 Å². The number of amides is 5. The minimum atomic E-state index is -1.18. The van der Waals surface area contributed by atoms with E-state index < -0.39 is 48.0 Å². The van der Waals surface area contributed by atoms with Gasteiger partial charge in [0.1, 0.15) is 18.1 Å². The summed E-state index contributed by atoms with van der Waals surface area (Å²) in [5.74, 6) is -3.06. The van der Waals surface area contributed by atoms with E-state index in [-0.39, 0.29) is 23.7 Å². The molecule has 11 heteroatoms. The molecule has 11 nitrogen and oxygen atoms in total. The van der Waals surface area contributed by atoms with Gasteiger partial charge in [-0.05, 0) is 24.2 Å². The van der Waals surface area contributed by atoms with Crippen LogP contribution in [0.15, 0.2) is 24.3 Å². The fourth-order valence-corrected chi connectivity index (χ4v) is 3.54. The molecule has 1 aliphatic heterocycles.